The predicted molar refractivity (Wildman–Crippen MR) is 68.2 cm³/mol. The van der Waals surface area contributed by atoms with Crippen LogP contribution < -0.4 is 0 Å². The summed E-state index contributed by atoms with van der Waals surface area (Å²) in [7, 11) is 0. The van der Waals surface area contributed by atoms with Crippen molar-refractivity contribution in [2.24, 2.45) is 5.92 Å². The zero-order valence-corrected chi connectivity index (χ0v) is 11.2. The number of nitrogens with zero attached hydrogens (tertiary/aromatic N) is 1. The van der Waals surface area contributed by atoms with E-state index in [0.717, 1.165) is 16.0 Å². The first-order valence-electron chi connectivity index (χ1n) is 5.44. The Balaban J connectivity index is 2.42. The van der Waals surface area contributed by atoms with Crippen molar-refractivity contribution in [1.82, 2.24) is 4.98 Å². The Bertz CT molecular complexity index is 334. The van der Waals surface area contributed by atoms with Crippen molar-refractivity contribution in [3.63, 3.8) is 0 Å². The zero-order chi connectivity index (χ0) is 12.0. The maximum atomic E-state index is 10.5. The maximum Gasteiger partial charge on any atom is 0.309 e. The van der Waals surface area contributed by atoms with E-state index < -0.39 is 5.97 Å². The van der Waals surface area contributed by atoms with Crippen LogP contribution in [0, 0.1) is 5.92 Å². The largest absolute Gasteiger partial charge is 0.481 e. The monoisotopic (exact) mass is 259 g/mol. The fourth-order valence-electron chi connectivity index (χ4n) is 1.30. The number of aromatic nitrogens is 1. The molecule has 1 heterocycles. The lowest BCUT2D eigenvalue weighted by Crippen LogP contribution is -2.01. The minimum atomic E-state index is -0.818. The Kier molecular flexibility index (Phi) is 5.84. The SMILES string of the molecule is CCC(CC)CSc1nc(CC(=O)O)cs1. The van der Waals surface area contributed by atoms with E-state index in [0.29, 0.717) is 5.69 Å². The maximum absolute atomic E-state index is 10.5. The van der Waals surface area contributed by atoms with Gasteiger partial charge < -0.3 is 5.11 Å². The van der Waals surface area contributed by atoms with Crippen molar-refractivity contribution in [3.8, 4) is 0 Å². The molecule has 0 aliphatic rings. The van der Waals surface area contributed by atoms with Crippen molar-refractivity contribution in [2.75, 3.05) is 5.75 Å². The average Bonchev–Trinajstić information content (AvgIpc) is 2.66. The number of aliphatic carboxylic acids is 1. The number of carboxylic acids is 1. The first kappa shape index (κ1) is 13.5. The Morgan fingerprint density at radius 2 is 2.25 bits per heavy atom. The molecule has 0 aliphatic carbocycles. The van der Waals surface area contributed by atoms with Crippen LogP contribution in [0.2, 0.25) is 0 Å². The molecule has 0 aromatic carbocycles. The molecule has 3 nitrogen and oxygen atoms in total. The van der Waals surface area contributed by atoms with E-state index in [1.54, 1.807) is 23.1 Å². The summed E-state index contributed by atoms with van der Waals surface area (Å²) in [6.45, 7) is 4.40. The lowest BCUT2D eigenvalue weighted by Gasteiger charge is -2.09. The van der Waals surface area contributed by atoms with Crippen LogP contribution in [0.1, 0.15) is 32.4 Å². The summed E-state index contributed by atoms with van der Waals surface area (Å²) < 4.78 is 0.989. The van der Waals surface area contributed by atoms with E-state index >= 15 is 0 Å². The van der Waals surface area contributed by atoms with Crippen LogP contribution in [0.3, 0.4) is 0 Å². The van der Waals surface area contributed by atoms with E-state index in [2.05, 4.69) is 18.8 Å². The van der Waals surface area contributed by atoms with Crippen LogP contribution in [0.15, 0.2) is 9.72 Å². The molecule has 16 heavy (non-hydrogen) atoms. The first-order valence-corrected chi connectivity index (χ1v) is 7.31. The summed E-state index contributed by atoms with van der Waals surface area (Å²) in [6, 6.07) is 0. The minimum Gasteiger partial charge on any atom is -0.481 e. The molecule has 0 saturated heterocycles. The van der Waals surface area contributed by atoms with Crippen LogP contribution in [0.4, 0.5) is 0 Å². The average molecular weight is 259 g/mol. The van der Waals surface area contributed by atoms with Crippen LogP contribution in [0.5, 0.6) is 0 Å². The van der Waals surface area contributed by atoms with Gasteiger partial charge in [0.25, 0.3) is 0 Å². The molecule has 0 saturated carbocycles. The number of thioether (sulfide) groups is 1. The van der Waals surface area contributed by atoms with E-state index in [4.69, 9.17) is 5.11 Å². The van der Waals surface area contributed by atoms with Crippen molar-refractivity contribution in [1.29, 1.82) is 0 Å². The number of thiazole rings is 1. The van der Waals surface area contributed by atoms with E-state index in [-0.39, 0.29) is 6.42 Å². The second-order valence-corrected chi connectivity index (χ2v) is 5.79. The van der Waals surface area contributed by atoms with Gasteiger partial charge in [-0.25, -0.2) is 4.98 Å². The van der Waals surface area contributed by atoms with Gasteiger partial charge in [-0.15, -0.1) is 11.3 Å². The molecule has 0 radical (unpaired) electrons. The van der Waals surface area contributed by atoms with Crippen molar-refractivity contribution >= 4 is 29.1 Å². The van der Waals surface area contributed by atoms with Gasteiger partial charge in [0.15, 0.2) is 0 Å². The Labute approximate surface area is 104 Å². The second kappa shape index (κ2) is 6.91. The Morgan fingerprint density at radius 3 is 2.81 bits per heavy atom. The molecular weight excluding hydrogens is 242 g/mol. The van der Waals surface area contributed by atoms with Crippen LogP contribution in [-0.4, -0.2) is 21.8 Å². The van der Waals surface area contributed by atoms with Gasteiger partial charge in [0.05, 0.1) is 12.1 Å². The van der Waals surface area contributed by atoms with Gasteiger partial charge in [-0.3, -0.25) is 4.79 Å². The van der Waals surface area contributed by atoms with Crippen molar-refractivity contribution in [2.45, 2.75) is 37.4 Å². The molecule has 0 bridgehead atoms. The first-order chi connectivity index (χ1) is 7.65. The molecule has 1 aromatic rings. The highest BCUT2D eigenvalue weighted by Crippen LogP contribution is 2.26. The van der Waals surface area contributed by atoms with E-state index in [1.807, 2.05) is 5.38 Å². The number of hydrogen-bond donors (Lipinski definition) is 1. The Hall–Kier alpha value is -0.550. The number of carboxylic acid groups (broad SMARTS) is 1. The van der Waals surface area contributed by atoms with Gasteiger partial charge in [-0.2, -0.15) is 0 Å². The topological polar surface area (TPSA) is 50.2 Å². The van der Waals surface area contributed by atoms with Gasteiger partial charge in [0.2, 0.25) is 0 Å². The summed E-state index contributed by atoms with van der Waals surface area (Å²) >= 11 is 3.28. The van der Waals surface area contributed by atoms with Crippen LogP contribution in [-0.2, 0) is 11.2 Å². The molecule has 1 N–H and O–H groups in total. The summed E-state index contributed by atoms with van der Waals surface area (Å²) in [5.41, 5.74) is 0.671. The highest BCUT2D eigenvalue weighted by Gasteiger charge is 2.09. The zero-order valence-electron chi connectivity index (χ0n) is 9.60. The summed E-state index contributed by atoms with van der Waals surface area (Å²) in [5, 5.41) is 10.5. The highest BCUT2D eigenvalue weighted by molar-refractivity contribution is 8.01. The molecular formula is C11H17NO2S2. The molecule has 90 valence electrons. The second-order valence-electron chi connectivity index (χ2n) is 3.67. The summed E-state index contributed by atoms with van der Waals surface area (Å²) in [4.78, 5) is 14.8. The third-order valence-corrected chi connectivity index (χ3v) is 4.76. The molecule has 0 unspecified atom stereocenters. The van der Waals surface area contributed by atoms with Gasteiger partial charge >= 0.3 is 5.97 Å². The molecule has 0 spiro atoms. The Morgan fingerprint density at radius 1 is 1.56 bits per heavy atom. The van der Waals surface area contributed by atoms with Crippen molar-refractivity contribution in [3.05, 3.63) is 11.1 Å². The van der Waals surface area contributed by atoms with E-state index in [1.165, 1.54) is 12.8 Å². The standard InChI is InChI=1S/C11H17NO2S2/c1-3-8(4-2)6-15-11-12-9(7-16-11)5-10(13)14/h7-8H,3-6H2,1-2H3,(H,13,14). The fourth-order valence-corrected chi connectivity index (χ4v) is 3.50. The number of hydrogen-bond acceptors (Lipinski definition) is 4. The predicted octanol–water partition coefficient (Wildman–Crippen LogP) is 3.30. The lowest BCUT2D eigenvalue weighted by molar-refractivity contribution is -0.136. The third-order valence-electron chi connectivity index (χ3n) is 2.46. The molecule has 0 fully saturated rings. The minimum absolute atomic E-state index is 0.0298. The smallest absolute Gasteiger partial charge is 0.309 e. The van der Waals surface area contributed by atoms with Gasteiger partial charge in [0, 0.05) is 11.1 Å². The van der Waals surface area contributed by atoms with Crippen LogP contribution in [0.25, 0.3) is 0 Å². The van der Waals surface area contributed by atoms with E-state index in [9.17, 15) is 4.79 Å². The molecule has 5 heteroatoms. The molecule has 0 atom stereocenters. The van der Waals surface area contributed by atoms with Gasteiger partial charge in [0.1, 0.15) is 4.34 Å². The normalized spacial score (nSPS) is 10.9. The highest BCUT2D eigenvalue weighted by atomic mass is 32.2. The van der Waals surface area contributed by atoms with Crippen LogP contribution >= 0.6 is 23.1 Å². The third kappa shape index (κ3) is 4.53. The molecule has 0 amide bonds. The lowest BCUT2D eigenvalue weighted by atomic mass is 10.1. The summed E-state index contributed by atoms with van der Waals surface area (Å²) in [6.07, 6.45) is 2.41. The quantitative estimate of drug-likeness (QED) is 0.763. The summed E-state index contributed by atoms with van der Waals surface area (Å²) in [5.74, 6) is 0.992. The van der Waals surface area contributed by atoms with Crippen molar-refractivity contribution < 1.29 is 9.90 Å². The van der Waals surface area contributed by atoms with Gasteiger partial charge in [-0.05, 0) is 5.92 Å². The van der Waals surface area contributed by atoms with Gasteiger partial charge in [-0.1, -0.05) is 38.5 Å². The molecule has 0 aliphatic heterocycles. The number of carbonyl (C=O) groups is 1. The molecule has 1 rings (SSSR count). The number of rotatable bonds is 7. The fraction of sp³-hybridized carbons (Fsp3) is 0.636. The molecule has 1 aromatic heterocycles.